The van der Waals surface area contributed by atoms with Crippen LogP contribution in [0.4, 0.5) is 0 Å². The highest BCUT2D eigenvalue weighted by Crippen LogP contribution is 2.30. The standard InChI is InChI=1S/C14H27Cl/c1-2-3-4-5-6-7-8-13-9-11-14(15)12-10-13/h13-14H,2-12H2,1H3. The van der Waals surface area contributed by atoms with Gasteiger partial charge in [-0.2, -0.15) is 0 Å². The average Bonchev–Trinajstić information content (AvgIpc) is 2.26. The quantitative estimate of drug-likeness (QED) is 0.398. The zero-order chi connectivity index (χ0) is 10.9. The average molecular weight is 231 g/mol. The Labute approximate surface area is 101 Å². The van der Waals surface area contributed by atoms with E-state index in [-0.39, 0.29) is 0 Å². The molecule has 1 aliphatic rings. The van der Waals surface area contributed by atoms with E-state index in [1.807, 2.05) is 0 Å². The lowest BCUT2D eigenvalue weighted by Gasteiger charge is -2.24. The zero-order valence-corrected chi connectivity index (χ0v) is 11.1. The lowest BCUT2D eigenvalue weighted by Crippen LogP contribution is -2.14. The van der Waals surface area contributed by atoms with Crippen LogP contribution in [0.25, 0.3) is 0 Å². The van der Waals surface area contributed by atoms with E-state index in [2.05, 4.69) is 6.92 Å². The molecule has 90 valence electrons. The van der Waals surface area contributed by atoms with Gasteiger partial charge in [-0.3, -0.25) is 0 Å². The van der Waals surface area contributed by atoms with Gasteiger partial charge >= 0.3 is 0 Å². The zero-order valence-electron chi connectivity index (χ0n) is 10.3. The molecule has 0 atom stereocenters. The third-order valence-corrected chi connectivity index (χ3v) is 4.18. The summed E-state index contributed by atoms with van der Waals surface area (Å²) in [5.74, 6) is 1.01. The molecule has 0 nitrogen and oxygen atoms in total. The molecule has 0 bridgehead atoms. The SMILES string of the molecule is CCCCCCCCC1CCC(Cl)CC1. The lowest BCUT2D eigenvalue weighted by atomic mass is 9.85. The normalized spacial score (nSPS) is 26.8. The van der Waals surface area contributed by atoms with Crippen LogP contribution in [0.15, 0.2) is 0 Å². The van der Waals surface area contributed by atoms with Crippen molar-refractivity contribution < 1.29 is 0 Å². The van der Waals surface area contributed by atoms with Gasteiger partial charge in [0.1, 0.15) is 0 Å². The van der Waals surface area contributed by atoms with Gasteiger partial charge in [0.05, 0.1) is 0 Å². The Balaban J connectivity index is 1.87. The molecule has 1 aliphatic carbocycles. The third-order valence-electron chi connectivity index (χ3n) is 3.74. The molecule has 0 saturated heterocycles. The maximum atomic E-state index is 6.10. The Morgan fingerprint density at radius 3 is 2.13 bits per heavy atom. The van der Waals surface area contributed by atoms with Crippen LogP contribution in [-0.4, -0.2) is 5.38 Å². The molecule has 15 heavy (non-hydrogen) atoms. The first-order chi connectivity index (χ1) is 7.33. The second kappa shape index (κ2) is 8.44. The number of hydrogen-bond donors (Lipinski definition) is 0. The lowest BCUT2D eigenvalue weighted by molar-refractivity contribution is 0.331. The molecule has 0 N–H and O–H groups in total. The van der Waals surface area contributed by atoms with Gasteiger partial charge in [-0.1, -0.05) is 51.9 Å². The van der Waals surface area contributed by atoms with Crippen molar-refractivity contribution >= 4 is 11.6 Å². The summed E-state index contributed by atoms with van der Waals surface area (Å²) in [5, 5.41) is 0.491. The van der Waals surface area contributed by atoms with E-state index in [4.69, 9.17) is 11.6 Å². The van der Waals surface area contributed by atoms with E-state index in [1.54, 1.807) is 0 Å². The fourth-order valence-electron chi connectivity index (χ4n) is 2.62. The Kier molecular flexibility index (Phi) is 7.52. The van der Waals surface area contributed by atoms with Crippen molar-refractivity contribution in [1.29, 1.82) is 0 Å². The highest BCUT2D eigenvalue weighted by molar-refractivity contribution is 6.20. The van der Waals surface area contributed by atoms with Crippen LogP contribution < -0.4 is 0 Å². The van der Waals surface area contributed by atoms with Crippen molar-refractivity contribution in [2.75, 3.05) is 0 Å². The minimum atomic E-state index is 0.491. The predicted molar refractivity (Wildman–Crippen MR) is 69.6 cm³/mol. The van der Waals surface area contributed by atoms with Gasteiger partial charge < -0.3 is 0 Å². The fraction of sp³-hybridized carbons (Fsp3) is 1.00. The van der Waals surface area contributed by atoms with Gasteiger partial charge in [-0.25, -0.2) is 0 Å². The van der Waals surface area contributed by atoms with Crippen LogP contribution in [0, 0.1) is 5.92 Å². The van der Waals surface area contributed by atoms with Crippen LogP contribution >= 0.6 is 11.6 Å². The summed E-state index contributed by atoms with van der Waals surface area (Å²) in [4.78, 5) is 0. The van der Waals surface area contributed by atoms with Gasteiger partial charge in [0, 0.05) is 5.38 Å². The van der Waals surface area contributed by atoms with E-state index in [0.29, 0.717) is 5.38 Å². The van der Waals surface area contributed by atoms with Crippen molar-refractivity contribution in [3.63, 3.8) is 0 Å². The Morgan fingerprint density at radius 2 is 1.47 bits per heavy atom. The maximum Gasteiger partial charge on any atom is 0.0336 e. The molecule has 0 aliphatic heterocycles. The Bertz CT molecular complexity index is 136. The van der Waals surface area contributed by atoms with Crippen molar-refractivity contribution in [1.82, 2.24) is 0 Å². The van der Waals surface area contributed by atoms with Gasteiger partial charge in [0.25, 0.3) is 0 Å². The molecule has 0 aromatic heterocycles. The number of halogens is 1. The highest BCUT2D eigenvalue weighted by Gasteiger charge is 2.18. The Hall–Kier alpha value is 0.290. The van der Waals surface area contributed by atoms with E-state index in [9.17, 15) is 0 Å². The second-order valence-electron chi connectivity index (χ2n) is 5.17. The second-order valence-corrected chi connectivity index (χ2v) is 5.79. The molecular formula is C14H27Cl. The first-order valence-corrected chi connectivity index (χ1v) is 7.40. The van der Waals surface area contributed by atoms with Gasteiger partial charge in [0.15, 0.2) is 0 Å². The number of hydrogen-bond acceptors (Lipinski definition) is 0. The Morgan fingerprint density at radius 1 is 0.867 bits per heavy atom. The molecule has 0 radical (unpaired) electrons. The molecule has 1 fully saturated rings. The summed E-state index contributed by atoms with van der Waals surface area (Å²) < 4.78 is 0. The largest absolute Gasteiger partial charge is 0.123 e. The molecule has 0 amide bonds. The van der Waals surface area contributed by atoms with Crippen LogP contribution in [0.3, 0.4) is 0 Å². The van der Waals surface area contributed by atoms with E-state index >= 15 is 0 Å². The topological polar surface area (TPSA) is 0 Å². The fourth-order valence-corrected chi connectivity index (χ4v) is 2.88. The first kappa shape index (κ1) is 13.4. The number of unbranched alkanes of at least 4 members (excludes halogenated alkanes) is 5. The van der Waals surface area contributed by atoms with Crippen LogP contribution in [0.2, 0.25) is 0 Å². The highest BCUT2D eigenvalue weighted by atomic mass is 35.5. The van der Waals surface area contributed by atoms with E-state index in [1.165, 1.54) is 70.6 Å². The van der Waals surface area contributed by atoms with Crippen molar-refractivity contribution in [2.24, 2.45) is 5.92 Å². The summed E-state index contributed by atoms with van der Waals surface area (Å²) in [6.45, 7) is 2.28. The first-order valence-electron chi connectivity index (χ1n) is 6.97. The molecule has 0 unspecified atom stereocenters. The summed E-state index contributed by atoms with van der Waals surface area (Å²) in [6.07, 6.45) is 15.4. The van der Waals surface area contributed by atoms with Crippen molar-refractivity contribution in [2.45, 2.75) is 82.9 Å². The van der Waals surface area contributed by atoms with Crippen LogP contribution in [0.1, 0.15) is 77.6 Å². The van der Waals surface area contributed by atoms with Crippen LogP contribution in [-0.2, 0) is 0 Å². The summed E-state index contributed by atoms with van der Waals surface area (Å²) in [6, 6.07) is 0. The molecule has 1 heteroatoms. The molecule has 0 aromatic rings. The molecule has 1 saturated carbocycles. The monoisotopic (exact) mass is 230 g/mol. The predicted octanol–water partition coefficient (Wildman–Crippen LogP) is 5.53. The smallest absolute Gasteiger partial charge is 0.0336 e. The third kappa shape index (κ3) is 6.45. The summed E-state index contributed by atoms with van der Waals surface area (Å²) >= 11 is 6.10. The molecule has 1 rings (SSSR count). The minimum absolute atomic E-state index is 0.491. The van der Waals surface area contributed by atoms with Crippen molar-refractivity contribution in [3.05, 3.63) is 0 Å². The minimum Gasteiger partial charge on any atom is -0.123 e. The van der Waals surface area contributed by atoms with Gasteiger partial charge in [-0.15, -0.1) is 11.6 Å². The molecule has 0 spiro atoms. The number of alkyl halides is 1. The van der Waals surface area contributed by atoms with E-state index < -0.39 is 0 Å². The van der Waals surface area contributed by atoms with Gasteiger partial charge in [-0.05, 0) is 31.6 Å². The summed E-state index contributed by atoms with van der Waals surface area (Å²) in [7, 11) is 0. The van der Waals surface area contributed by atoms with E-state index in [0.717, 1.165) is 5.92 Å². The summed E-state index contributed by atoms with van der Waals surface area (Å²) in [5.41, 5.74) is 0. The molecule has 0 heterocycles. The van der Waals surface area contributed by atoms with Crippen molar-refractivity contribution in [3.8, 4) is 0 Å². The van der Waals surface area contributed by atoms with Crippen LogP contribution in [0.5, 0.6) is 0 Å². The maximum absolute atomic E-state index is 6.10. The van der Waals surface area contributed by atoms with Gasteiger partial charge in [0.2, 0.25) is 0 Å². The number of rotatable bonds is 7. The molecule has 0 aromatic carbocycles. The molecular weight excluding hydrogens is 204 g/mol.